The van der Waals surface area contributed by atoms with Crippen molar-refractivity contribution in [2.24, 2.45) is 0 Å². The summed E-state index contributed by atoms with van der Waals surface area (Å²) < 4.78 is 15.3. The number of nitrogens with zero attached hydrogens (tertiary/aromatic N) is 4. The van der Waals surface area contributed by atoms with Crippen LogP contribution in [0.3, 0.4) is 0 Å². The zero-order chi connectivity index (χ0) is 82.2. The molecule has 0 aliphatic heterocycles. The summed E-state index contributed by atoms with van der Waals surface area (Å²) in [5, 5.41) is 15.5. The van der Waals surface area contributed by atoms with Gasteiger partial charge in [-0.3, -0.25) is 0 Å². The van der Waals surface area contributed by atoms with Gasteiger partial charge in [0.05, 0.1) is 44.1 Å². The van der Waals surface area contributed by atoms with Gasteiger partial charge in [-0.1, -0.05) is 275 Å². The van der Waals surface area contributed by atoms with Crippen LogP contribution in [-0.2, 0) is 10.8 Å². The number of para-hydroxylation sites is 3. The lowest BCUT2D eigenvalue weighted by Crippen LogP contribution is -2.28. The van der Waals surface area contributed by atoms with Crippen LogP contribution in [0.1, 0.15) is 86.5 Å². The van der Waals surface area contributed by atoms with E-state index in [2.05, 4.69) is 394 Å². The molecule has 594 valence electrons. The number of thiophene rings is 2. The molecule has 24 aromatic rings. The molecule has 126 heavy (non-hydrogen) atoms. The summed E-state index contributed by atoms with van der Waals surface area (Å²) in [7, 11) is 0. The van der Waals surface area contributed by atoms with Gasteiger partial charge in [-0.2, -0.15) is 0 Å². The van der Waals surface area contributed by atoms with E-state index in [0.29, 0.717) is 0 Å². The first kappa shape index (κ1) is 71.1. The van der Waals surface area contributed by atoms with Crippen LogP contribution >= 0.6 is 22.7 Å². The minimum absolute atomic E-state index is 0.0263. The van der Waals surface area contributed by atoms with E-state index < -0.39 is 0 Å². The van der Waals surface area contributed by atoms with E-state index in [4.69, 9.17) is 0 Å². The first-order valence-corrected chi connectivity index (χ1v) is 46.8. The first-order chi connectivity index (χ1) is 62.4. The first-order valence-electron chi connectivity index (χ1n) is 45.2. The Morgan fingerprint density at radius 2 is 0.540 bits per heavy atom. The quantitative estimate of drug-likeness (QED) is 0.137. The lowest BCUT2D eigenvalue weighted by atomic mass is 9.67. The van der Waals surface area contributed by atoms with Gasteiger partial charge in [0, 0.05) is 117 Å². The van der Waals surface area contributed by atoms with Crippen molar-refractivity contribution < 1.29 is 0 Å². The molecular weight excluding hydrogens is 1560 g/mol. The van der Waals surface area contributed by atoms with Crippen molar-refractivity contribution in [2.75, 3.05) is 0 Å². The summed E-state index contributed by atoms with van der Waals surface area (Å²) in [6.07, 6.45) is 12.2. The van der Waals surface area contributed by atoms with Crippen molar-refractivity contribution >= 4 is 150 Å². The van der Waals surface area contributed by atoms with Gasteiger partial charge in [0.25, 0.3) is 0 Å². The molecule has 28 rings (SSSR count). The van der Waals surface area contributed by atoms with Crippen LogP contribution in [0.4, 0.5) is 0 Å². The second-order valence-corrected chi connectivity index (χ2v) is 38.4. The zero-order valence-corrected chi connectivity index (χ0v) is 71.1. The van der Waals surface area contributed by atoms with Crippen molar-refractivity contribution in [1.29, 1.82) is 0 Å². The average molecular weight is 1640 g/mol. The van der Waals surface area contributed by atoms with Crippen LogP contribution in [0, 0.1) is 0 Å². The van der Waals surface area contributed by atoms with Gasteiger partial charge in [0.1, 0.15) is 0 Å². The minimum atomic E-state index is -0.0351. The molecule has 6 heterocycles. The monoisotopic (exact) mass is 1640 g/mol. The lowest BCUT2D eigenvalue weighted by molar-refractivity contribution is 0.353. The highest BCUT2D eigenvalue weighted by atomic mass is 32.1. The van der Waals surface area contributed by atoms with Gasteiger partial charge in [0.15, 0.2) is 0 Å². The summed E-state index contributed by atoms with van der Waals surface area (Å²) in [6, 6.07) is 145. The molecule has 2 fully saturated rings. The van der Waals surface area contributed by atoms with Crippen molar-refractivity contribution in [2.45, 2.75) is 75.0 Å². The van der Waals surface area contributed by atoms with Gasteiger partial charge >= 0.3 is 0 Å². The number of fused-ring (bicyclic) bond motifs is 28. The number of rotatable bonds is 9. The summed E-state index contributed by atoms with van der Waals surface area (Å²) >= 11 is 3.83. The number of hydrogen-bond donors (Lipinski definition) is 0. The smallest absolute Gasteiger partial charge is 0.0547 e. The third-order valence-corrected chi connectivity index (χ3v) is 32.3. The van der Waals surface area contributed by atoms with Gasteiger partial charge in [0.2, 0.25) is 0 Å². The fourth-order valence-electron chi connectivity index (χ4n) is 24.2. The molecular formula is C120H82N4S2. The van der Waals surface area contributed by atoms with E-state index in [1.54, 1.807) is 0 Å². The van der Waals surface area contributed by atoms with E-state index >= 15 is 0 Å². The summed E-state index contributed by atoms with van der Waals surface area (Å²) in [6.45, 7) is 0. The topological polar surface area (TPSA) is 19.7 Å². The van der Waals surface area contributed by atoms with Gasteiger partial charge in [-0.15, -0.1) is 22.7 Å². The SMILES string of the molecule is c1ccc(-c2ccc(-n3c4ccc(-c5ccc6c(c5)-c5cc7c(cc5C65CCCCC5)c5ccccc5n7-c5ccc6c(c5)sc5ccccc56)cc4c4ccc(-c5cccc6c5sc5cc(-n7c8ccccc8c8cc9c(cc87)-c7cc(-c8ccc%10c(c8)c8ccccc8n%10-c8cccc(-c%10ccccc%10)c8)ccc7C97CCCCC7)ccc56)cc43)cc2)cc1. The molecule has 0 bridgehead atoms. The van der Waals surface area contributed by atoms with Gasteiger partial charge in [-0.05, 0) is 265 Å². The van der Waals surface area contributed by atoms with Crippen LogP contribution in [-0.4, -0.2) is 18.3 Å². The van der Waals surface area contributed by atoms with Gasteiger partial charge < -0.3 is 18.3 Å². The average Bonchev–Trinajstić information content (AvgIpc) is 1.54. The van der Waals surface area contributed by atoms with Crippen LogP contribution in [0.2, 0.25) is 0 Å². The largest absolute Gasteiger partial charge is 0.309 e. The standard InChI is InChI=1S/C120H82N4S2/c1-5-23-73(24-6-1)75-39-46-82(47-40-75)121-110-55-44-80(78-43-54-104-96(63-78)97-71-113-101(69-105(97)120(104)59-19-4-20-60-120)88-30-10-14-36-108(88)123(113)84-48-51-92-91-32-12-16-38-115(91)125-116(92)67-84)65-100(110)90-50-41-81(66-112(90)121)86-33-22-34-94-93-52-49-85(68-117(93)126-118(86)94)124-109-37-15-11-31-89(109)102-70-106-98(72-114(102)124)95-62-77(42-53-103(95)119(106)57-17-3-18-58-119)79-45-56-111-99(64-79)87-29-9-13-35-107(87)122(111)83-28-21-27-76(61-83)74-25-7-2-8-26-74/h1-2,5-16,21-56,61-72H,3-4,17-20,57-60H2. The third-order valence-electron chi connectivity index (χ3n) is 29.9. The Kier molecular flexibility index (Phi) is 15.3. The molecule has 4 nitrogen and oxygen atoms in total. The van der Waals surface area contributed by atoms with E-state index in [1.165, 1.54) is 303 Å². The summed E-state index contributed by atoms with van der Waals surface area (Å²) in [4.78, 5) is 0. The molecule has 0 saturated heterocycles. The maximum Gasteiger partial charge on any atom is 0.0547 e. The Labute approximate surface area is 737 Å². The third kappa shape index (κ3) is 10.3. The van der Waals surface area contributed by atoms with Crippen LogP contribution in [0.15, 0.2) is 376 Å². The lowest BCUT2D eigenvalue weighted by Gasteiger charge is -2.36. The Hall–Kier alpha value is -14.4. The number of hydrogen-bond acceptors (Lipinski definition) is 2. The van der Waals surface area contributed by atoms with Crippen LogP contribution in [0.25, 0.3) is 228 Å². The second-order valence-electron chi connectivity index (χ2n) is 36.3. The Morgan fingerprint density at radius 3 is 1.12 bits per heavy atom. The highest BCUT2D eigenvalue weighted by Crippen LogP contribution is 2.61. The van der Waals surface area contributed by atoms with Crippen molar-refractivity contribution in [3.05, 3.63) is 398 Å². The molecule has 4 aliphatic carbocycles. The molecule has 0 radical (unpaired) electrons. The molecule has 0 N–H and O–H groups in total. The highest BCUT2D eigenvalue weighted by Gasteiger charge is 2.46. The van der Waals surface area contributed by atoms with Crippen molar-refractivity contribution in [1.82, 2.24) is 18.3 Å². The predicted octanol–water partition coefficient (Wildman–Crippen LogP) is 33.6. The maximum atomic E-state index is 2.64. The molecule has 6 aromatic heterocycles. The fraction of sp³-hybridized carbons (Fsp3) is 0.100. The predicted molar refractivity (Wildman–Crippen MR) is 535 cm³/mol. The highest BCUT2D eigenvalue weighted by molar-refractivity contribution is 7.26. The Morgan fingerprint density at radius 1 is 0.175 bits per heavy atom. The van der Waals surface area contributed by atoms with Gasteiger partial charge in [-0.25, -0.2) is 0 Å². The molecule has 0 atom stereocenters. The minimum Gasteiger partial charge on any atom is -0.309 e. The summed E-state index contributed by atoms with van der Waals surface area (Å²) in [5.74, 6) is 0. The molecule has 4 aliphatic rings. The van der Waals surface area contributed by atoms with E-state index in [0.717, 1.165) is 11.4 Å². The second kappa shape index (κ2) is 27.1. The fourth-order valence-corrected chi connectivity index (χ4v) is 26.6. The van der Waals surface area contributed by atoms with Crippen LogP contribution < -0.4 is 0 Å². The number of aromatic nitrogens is 4. The van der Waals surface area contributed by atoms with E-state index in [9.17, 15) is 0 Å². The Balaban J connectivity index is 0.562. The number of benzene rings is 18. The zero-order valence-electron chi connectivity index (χ0n) is 69.5. The maximum absolute atomic E-state index is 2.64. The Bertz CT molecular complexity index is 8780. The summed E-state index contributed by atoms with van der Waals surface area (Å²) in [5.41, 5.74) is 38.3. The molecule has 6 heteroatoms. The van der Waals surface area contributed by atoms with Crippen molar-refractivity contribution in [3.63, 3.8) is 0 Å². The van der Waals surface area contributed by atoms with E-state index in [1.807, 2.05) is 22.7 Å². The van der Waals surface area contributed by atoms with Crippen LogP contribution in [0.5, 0.6) is 0 Å². The molecule has 0 amide bonds. The molecule has 2 saturated carbocycles. The van der Waals surface area contributed by atoms with E-state index in [-0.39, 0.29) is 10.8 Å². The van der Waals surface area contributed by atoms with Crippen molar-refractivity contribution in [3.8, 4) is 101 Å². The molecule has 2 spiro atoms. The normalized spacial score (nSPS) is 14.6. The molecule has 18 aromatic carbocycles. The molecule has 0 unspecified atom stereocenters.